The lowest BCUT2D eigenvalue weighted by Gasteiger charge is -1.94. The van der Waals surface area contributed by atoms with Crippen molar-refractivity contribution in [2.24, 2.45) is 4.99 Å². The Kier molecular flexibility index (Phi) is 2.60. The van der Waals surface area contributed by atoms with Gasteiger partial charge in [0.15, 0.2) is 0 Å². The third kappa shape index (κ3) is 2.02. The van der Waals surface area contributed by atoms with Gasteiger partial charge in [0.2, 0.25) is 0 Å². The Morgan fingerprint density at radius 3 is 2.82 bits per heavy atom. The Morgan fingerprint density at radius 1 is 1.64 bits per heavy atom. The largest absolute Gasteiger partial charge is 0.372 e. The molecule has 1 aliphatic rings. The minimum Gasteiger partial charge on any atom is -0.372 e. The summed E-state index contributed by atoms with van der Waals surface area (Å²) >= 11 is 0. The second-order valence-electron chi connectivity index (χ2n) is 2.63. The fraction of sp³-hybridized carbons (Fsp3) is 0.444. The van der Waals surface area contributed by atoms with Gasteiger partial charge in [0, 0.05) is 12.8 Å². The van der Waals surface area contributed by atoms with Crippen molar-refractivity contribution in [2.45, 2.75) is 6.92 Å². The Morgan fingerprint density at radius 2 is 2.36 bits per heavy atom. The molecule has 1 fully saturated rings. The summed E-state index contributed by atoms with van der Waals surface area (Å²) in [6.45, 7) is 7.20. The van der Waals surface area contributed by atoms with Crippen LogP contribution in [0.25, 0.3) is 0 Å². The number of ether oxygens (including phenoxy) is 1. The van der Waals surface area contributed by atoms with Gasteiger partial charge in [-0.3, -0.25) is 4.99 Å². The molecule has 1 saturated heterocycles. The third-order valence-electron chi connectivity index (χ3n) is 1.72. The van der Waals surface area contributed by atoms with Crippen molar-refractivity contribution in [3.05, 3.63) is 23.8 Å². The molecule has 0 spiro atoms. The maximum Gasteiger partial charge on any atom is 0.0725 e. The summed E-state index contributed by atoms with van der Waals surface area (Å²) in [7, 11) is 1.78. The first-order valence-corrected chi connectivity index (χ1v) is 3.64. The van der Waals surface area contributed by atoms with Crippen LogP contribution in [0.2, 0.25) is 0 Å². The van der Waals surface area contributed by atoms with Gasteiger partial charge >= 0.3 is 0 Å². The number of hydrogen-bond donors (Lipinski definition) is 0. The predicted molar refractivity (Wildman–Crippen MR) is 47.1 cm³/mol. The molecule has 0 aromatic heterocycles. The van der Waals surface area contributed by atoms with Crippen LogP contribution < -0.4 is 0 Å². The Labute approximate surface area is 67.3 Å². The fourth-order valence-electron chi connectivity index (χ4n) is 0.939. The van der Waals surface area contributed by atoms with Crippen LogP contribution in [0, 0.1) is 0 Å². The van der Waals surface area contributed by atoms with E-state index in [1.807, 2.05) is 13.0 Å². The standard InChI is InChI=1S/C9H13NO/c1-7-5-11-6-9(7)4-8(2)10-3/h4H,1,5-6H2,2-3H3/b9-4-,10-8?. The summed E-state index contributed by atoms with van der Waals surface area (Å²) in [5, 5.41) is 0. The molecule has 0 radical (unpaired) electrons. The number of aliphatic imine (C=N–C) groups is 1. The molecule has 0 aliphatic carbocycles. The Balaban J connectivity index is 2.73. The van der Waals surface area contributed by atoms with Crippen LogP contribution >= 0.6 is 0 Å². The molecular formula is C9H13NO. The maximum atomic E-state index is 5.19. The molecule has 1 heterocycles. The number of nitrogens with zero attached hydrogens (tertiary/aromatic N) is 1. The molecule has 0 saturated carbocycles. The molecule has 2 nitrogen and oxygen atoms in total. The van der Waals surface area contributed by atoms with Gasteiger partial charge in [-0.25, -0.2) is 0 Å². The molecule has 1 rings (SSSR count). The lowest BCUT2D eigenvalue weighted by Crippen LogP contribution is -1.90. The first kappa shape index (κ1) is 8.21. The summed E-state index contributed by atoms with van der Waals surface area (Å²) in [4.78, 5) is 4.03. The smallest absolute Gasteiger partial charge is 0.0725 e. The van der Waals surface area contributed by atoms with E-state index in [-0.39, 0.29) is 0 Å². The van der Waals surface area contributed by atoms with Crippen LogP contribution in [0.5, 0.6) is 0 Å². The van der Waals surface area contributed by atoms with Crippen molar-refractivity contribution in [1.82, 2.24) is 0 Å². The summed E-state index contributed by atoms with van der Waals surface area (Å²) in [5.74, 6) is 0. The molecule has 1 aliphatic heterocycles. The van der Waals surface area contributed by atoms with Gasteiger partial charge in [0.1, 0.15) is 0 Å². The van der Waals surface area contributed by atoms with Crippen molar-refractivity contribution in [1.29, 1.82) is 0 Å². The highest BCUT2D eigenvalue weighted by atomic mass is 16.5. The quantitative estimate of drug-likeness (QED) is 0.521. The van der Waals surface area contributed by atoms with E-state index in [9.17, 15) is 0 Å². The summed E-state index contributed by atoms with van der Waals surface area (Å²) in [6, 6.07) is 0. The van der Waals surface area contributed by atoms with Crippen LogP contribution in [0.4, 0.5) is 0 Å². The summed E-state index contributed by atoms with van der Waals surface area (Å²) in [6.07, 6.45) is 2.02. The van der Waals surface area contributed by atoms with Crippen LogP contribution in [-0.2, 0) is 4.74 Å². The molecule has 0 atom stereocenters. The highest BCUT2D eigenvalue weighted by molar-refractivity contribution is 5.94. The minimum atomic E-state index is 0.669. The SMILES string of the molecule is C=C1COC/C1=C/C(C)=NC. The van der Waals surface area contributed by atoms with E-state index >= 15 is 0 Å². The molecular weight excluding hydrogens is 138 g/mol. The highest BCUT2D eigenvalue weighted by Gasteiger charge is 2.10. The monoisotopic (exact) mass is 151 g/mol. The molecule has 2 heteroatoms. The average molecular weight is 151 g/mol. The van der Waals surface area contributed by atoms with E-state index in [4.69, 9.17) is 4.74 Å². The van der Waals surface area contributed by atoms with E-state index in [2.05, 4.69) is 11.6 Å². The van der Waals surface area contributed by atoms with Crippen molar-refractivity contribution in [3.8, 4) is 0 Å². The molecule has 11 heavy (non-hydrogen) atoms. The predicted octanol–water partition coefficient (Wildman–Crippen LogP) is 1.59. The number of hydrogen-bond acceptors (Lipinski definition) is 2. The second-order valence-corrected chi connectivity index (χ2v) is 2.63. The molecule has 0 N–H and O–H groups in total. The van der Waals surface area contributed by atoms with Gasteiger partial charge in [-0.2, -0.15) is 0 Å². The van der Waals surface area contributed by atoms with Crippen LogP contribution in [0.1, 0.15) is 6.92 Å². The van der Waals surface area contributed by atoms with E-state index < -0.39 is 0 Å². The Hall–Kier alpha value is -0.890. The minimum absolute atomic E-state index is 0.669. The third-order valence-corrected chi connectivity index (χ3v) is 1.72. The van der Waals surface area contributed by atoms with Crippen molar-refractivity contribution < 1.29 is 4.74 Å². The lowest BCUT2D eigenvalue weighted by atomic mass is 10.1. The van der Waals surface area contributed by atoms with E-state index in [1.54, 1.807) is 7.05 Å². The number of allylic oxidation sites excluding steroid dienone is 1. The lowest BCUT2D eigenvalue weighted by molar-refractivity contribution is 0.215. The van der Waals surface area contributed by atoms with E-state index in [0.717, 1.165) is 11.3 Å². The van der Waals surface area contributed by atoms with Gasteiger partial charge < -0.3 is 4.74 Å². The number of rotatable bonds is 1. The average Bonchev–Trinajstić information content (AvgIpc) is 2.37. The van der Waals surface area contributed by atoms with Gasteiger partial charge in [-0.05, 0) is 24.1 Å². The fourth-order valence-corrected chi connectivity index (χ4v) is 0.939. The molecule has 0 aromatic rings. The molecule has 0 bridgehead atoms. The molecule has 0 amide bonds. The van der Waals surface area contributed by atoms with Crippen LogP contribution in [-0.4, -0.2) is 26.0 Å². The summed E-state index contributed by atoms with van der Waals surface area (Å²) < 4.78 is 5.19. The molecule has 0 unspecified atom stereocenters. The van der Waals surface area contributed by atoms with Crippen molar-refractivity contribution >= 4 is 5.71 Å². The van der Waals surface area contributed by atoms with Gasteiger partial charge in [0.25, 0.3) is 0 Å². The Bertz CT molecular complexity index is 226. The zero-order chi connectivity index (χ0) is 8.27. The maximum absolute atomic E-state index is 5.19. The first-order valence-electron chi connectivity index (χ1n) is 3.64. The second kappa shape index (κ2) is 3.49. The zero-order valence-corrected chi connectivity index (χ0v) is 7.05. The van der Waals surface area contributed by atoms with Crippen molar-refractivity contribution in [2.75, 3.05) is 20.3 Å². The van der Waals surface area contributed by atoms with Gasteiger partial charge in [-0.15, -0.1) is 0 Å². The molecule has 60 valence electrons. The van der Waals surface area contributed by atoms with Crippen LogP contribution in [0.3, 0.4) is 0 Å². The van der Waals surface area contributed by atoms with E-state index in [0.29, 0.717) is 13.2 Å². The normalized spacial score (nSPS) is 23.3. The summed E-state index contributed by atoms with van der Waals surface area (Å²) in [5.41, 5.74) is 3.27. The topological polar surface area (TPSA) is 21.6 Å². The first-order chi connectivity index (χ1) is 5.24. The van der Waals surface area contributed by atoms with E-state index in [1.165, 1.54) is 5.57 Å². The van der Waals surface area contributed by atoms with Crippen molar-refractivity contribution in [3.63, 3.8) is 0 Å². The molecule has 0 aromatic carbocycles. The van der Waals surface area contributed by atoms with Crippen LogP contribution in [0.15, 0.2) is 28.8 Å². The van der Waals surface area contributed by atoms with Gasteiger partial charge in [0.05, 0.1) is 13.2 Å². The van der Waals surface area contributed by atoms with Gasteiger partial charge in [-0.1, -0.05) is 6.58 Å². The zero-order valence-electron chi connectivity index (χ0n) is 7.05. The highest BCUT2D eigenvalue weighted by Crippen LogP contribution is 2.16.